The molecule has 2 aliphatic rings. The molecule has 150 valence electrons. The molecule has 1 aromatic carbocycles. The SMILES string of the molecule is Cc1cc(C)c(NC(=O)CSc2nnc(N3CCOCC3)n2C2CC2)c(C)c1. The van der Waals surface area contributed by atoms with E-state index in [1.807, 2.05) is 13.8 Å². The summed E-state index contributed by atoms with van der Waals surface area (Å²) in [5.41, 5.74) is 4.29. The van der Waals surface area contributed by atoms with Crippen LogP contribution in [-0.4, -0.2) is 52.7 Å². The van der Waals surface area contributed by atoms with Gasteiger partial charge in [-0.3, -0.25) is 9.36 Å². The number of thioether (sulfide) groups is 1. The summed E-state index contributed by atoms with van der Waals surface area (Å²) in [6, 6.07) is 4.64. The number of rotatable bonds is 6. The number of hydrogen-bond acceptors (Lipinski definition) is 6. The van der Waals surface area contributed by atoms with E-state index in [2.05, 4.69) is 44.0 Å². The number of aromatic nitrogens is 3. The number of morpholine rings is 1. The van der Waals surface area contributed by atoms with Gasteiger partial charge in [0, 0.05) is 24.8 Å². The van der Waals surface area contributed by atoms with Crippen molar-refractivity contribution in [1.82, 2.24) is 14.8 Å². The van der Waals surface area contributed by atoms with Gasteiger partial charge < -0.3 is 15.0 Å². The molecular weight excluding hydrogens is 374 g/mol. The van der Waals surface area contributed by atoms with Gasteiger partial charge in [-0.1, -0.05) is 29.5 Å². The second-order valence-electron chi connectivity index (χ2n) is 7.59. The van der Waals surface area contributed by atoms with Gasteiger partial charge in [-0.2, -0.15) is 0 Å². The lowest BCUT2D eigenvalue weighted by Crippen LogP contribution is -2.38. The molecule has 28 heavy (non-hydrogen) atoms. The van der Waals surface area contributed by atoms with E-state index in [4.69, 9.17) is 4.74 Å². The lowest BCUT2D eigenvalue weighted by Gasteiger charge is -2.27. The molecule has 1 aliphatic carbocycles. The Morgan fingerprint density at radius 1 is 1.18 bits per heavy atom. The number of benzene rings is 1. The van der Waals surface area contributed by atoms with Crippen molar-refractivity contribution in [1.29, 1.82) is 0 Å². The van der Waals surface area contributed by atoms with Crippen molar-refractivity contribution in [3.05, 3.63) is 28.8 Å². The van der Waals surface area contributed by atoms with Crippen molar-refractivity contribution in [2.24, 2.45) is 0 Å². The highest BCUT2D eigenvalue weighted by Gasteiger charge is 2.32. The summed E-state index contributed by atoms with van der Waals surface area (Å²) in [5, 5.41) is 12.7. The van der Waals surface area contributed by atoms with E-state index in [0.29, 0.717) is 11.8 Å². The maximum Gasteiger partial charge on any atom is 0.234 e. The molecule has 8 heteroatoms. The van der Waals surface area contributed by atoms with E-state index in [-0.39, 0.29) is 5.91 Å². The molecule has 0 spiro atoms. The Kier molecular flexibility index (Phi) is 5.59. The monoisotopic (exact) mass is 401 g/mol. The van der Waals surface area contributed by atoms with Crippen molar-refractivity contribution >= 4 is 29.3 Å². The van der Waals surface area contributed by atoms with Crippen molar-refractivity contribution in [3.8, 4) is 0 Å². The zero-order valence-corrected chi connectivity index (χ0v) is 17.5. The Bertz CT molecular complexity index is 848. The van der Waals surface area contributed by atoms with Gasteiger partial charge in [-0.25, -0.2) is 0 Å². The molecule has 0 unspecified atom stereocenters. The standard InChI is InChI=1S/C20H27N5O2S/c1-13-10-14(2)18(15(3)11-13)21-17(26)12-28-20-23-22-19(25(20)16-4-5-16)24-6-8-27-9-7-24/h10-11,16H,4-9,12H2,1-3H3,(H,21,26). The number of carbonyl (C=O) groups is 1. The van der Waals surface area contributed by atoms with E-state index in [9.17, 15) is 4.79 Å². The highest BCUT2D eigenvalue weighted by molar-refractivity contribution is 7.99. The zero-order valence-electron chi connectivity index (χ0n) is 16.7. The van der Waals surface area contributed by atoms with Crippen LogP contribution in [0.3, 0.4) is 0 Å². The molecule has 2 aromatic rings. The highest BCUT2D eigenvalue weighted by atomic mass is 32.2. The molecule has 0 radical (unpaired) electrons. The summed E-state index contributed by atoms with van der Waals surface area (Å²) in [6.07, 6.45) is 2.30. The van der Waals surface area contributed by atoms with E-state index in [0.717, 1.165) is 67.1 Å². The average molecular weight is 402 g/mol. The fourth-order valence-electron chi connectivity index (χ4n) is 3.68. The molecule has 1 saturated carbocycles. The maximum absolute atomic E-state index is 12.6. The summed E-state index contributed by atoms with van der Waals surface area (Å²) < 4.78 is 7.66. The van der Waals surface area contributed by atoms with Crippen LogP contribution in [0.1, 0.15) is 35.6 Å². The molecule has 1 aromatic heterocycles. The predicted octanol–water partition coefficient (Wildman–Crippen LogP) is 3.11. The third-order valence-electron chi connectivity index (χ3n) is 5.13. The fourth-order valence-corrected chi connectivity index (χ4v) is 4.48. The number of carbonyl (C=O) groups excluding carboxylic acids is 1. The van der Waals surface area contributed by atoms with Crippen LogP contribution in [0, 0.1) is 20.8 Å². The summed E-state index contributed by atoms with van der Waals surface area (Å²) in [7, 11) is 0. The summed E-state index contributed by atoms with van der Waals surface area (Å²) >= 11 is 1.46. The first-order valence-corrected chi connectivity index (χ1v) is 10.8. The largest absolute Gasteiger partial charge is 0.378 e. The van der Waals surface area contributed by atoms with E-state index < -0.39 is 0 Å². The third-order valence-corrected chi connectivity index (χ3v) is 6.07. The molecule has 0 atom stereocenters. The molecule has 4 rings (SSSR count). The number of ether oxygens (including phenoxy) is 1. The first kappa shape index (κ1) is 19.3. The summed E-state index contributed by atoms with van der Waals surface area (Å²) in [4.78, 5) is 14.8. The van der Waals surface area contributed by atoms with E-state index >= 15 is 0 Å². The maximum atomic E-state index is 12.6. The lowest BCUT2D eigenvalue weighted by atomic mass is 10.1. The normalized spacial score (nSPS) is 17.0. The van der Waals surface area contributed by atoms with Crippen LogP contribution < -0.4 is 10.2 Å². The molecule has 1 aliphatic heterocycles. The van der Waals surface area contributed by atoms with Crippen LogP contribution in [0.5, 0.6) is 0 Å². The van der Waals surface area contributed by atoms with Gasteiger partial charge >= 0.3 is 0 Å². The second-order valence-corrected chi connectivity index (χ2v) is 8.54. The van der Waals surface area contributed by atoms with Gasteiger partial charge in [0.25, 0.3) is 0 Å². The molecule has 7 nitrogen and oxygen atoms in total. The first-order chi connectivity index (χ1) is 13.5. The summed E-state index contributed by atoms with van der Waals surface area (Å²) in [5.74, 6) is 1.22. The minimum Gasteiger partial charge on any atom is -0.378 e. The quantitative estimate of drug-likeness (QED) is 0.750. The molecule has 1 saturated heterocycles. The molecular formula is C20H27N5O2S. The van der Waals surface area contributed by atoms with Crippen LogP contribution >= 0.6 is 11.8 Å². The minimum absolute atomic E-state index is 0.0154. The van der Waals surface area contributed by atoms with Gasteiger partial charge in [0.2, 0.25) is 11.9 Å². The van der Waals surface area contributed by atoms with Crippen molar-refractivity contribution in [3.63, 3.8) is 0 Å². The van der Waals surface area contributed by atoms with Crippen molar-refractivity contribution in [2.75, 3.05) is 42.3 Å². The molecule has 0 bridgehead atoms. The van der Waals surface area contributed by atoms with Gasteiger partial charge in [0.15, 0.2) is 5.16 Å². The topological polar surface area (TPSA) is 72.3 Å². The van der Waals surface area contributed by atoms with E-state index in [1.165, 1.54) is 17.3 Å². The molecule has 1 N–H and O–H groups in total. The Morgan fingerprint density at radius 2 is 1.86 bits per heavy atom. The van der Waals surface area contributed by atoms with Crippen LogP contribution in [0.15, 0.2) is 17.3 Å². The Morgan fingerprint density at radius 3 is 2.50 bits per heavy atom. The first-order valence-electron chi connectivity index (χ1n) is 9.81. The average Bonchev–Trinajstić information content (AvgIpc) is 3.42. The van der Waals surface area contributed by atoms with Gasteiger partial charge in [-0.15, -0.1) is 10.2 Å². The third kappa shape index (κ3) is 4.17. The molecule has 2 heterocycles. The number of nitrogens with one attached hydrogen (secondary N) is 1. The van der Waals surface area contributed by atoms with Crippen molar-refractivity contribution < 1.29 is 9.53 Å². The van der Waals surface area contributed by atoms with Crippen LogP contribution in [0.2, 0.25) is 0 Å². The Balaban J connectivity index is 1.43. The van der Waals surface area contributed by atoms with Crippen LogP contribution in [-0.2, 0) is 9.53 Å². The number of anilines is 2. The van der Waals surface area contributed by atoms with E-state index in [1.54, 1.807) is 0 Å². The van der Waals surface area contributed by atoms with Gasteiger partial charge in [0.05, 0.1) is 19.0 Å². The van der Waals surface area contributed by atoms with Gasteiger partial charge in [0.1, 0.15) is 0 Å². The minimum atomic E-state index is -0.0154. The summed E-state index contributed by atoms with van der Waals surface area (Å²) in [6.45, 7) is 9.24. The van der Waals surface area contributed by atoms with Gasteiger partial charge in [-0.05, 0) is 44.7 Å². The number of nitrogens with zero attached hydrogens (tertiary/aromatic N) is 4. The number of amides is 1. The zero-order chi connectivity index (χ0) is 19.7. The van der Waals surface area contributed by atoms with Crippen molar-refractivity contribution in [2.45, 2.75) is 44.8 Å². The smallest absolute Gasteiger partial charge is 0.234 e. The molecule has 1 amide bonds. The molecule has 2 fully saturated rings. The number of hydrogen-bond donors (Lipinski definition) is 1. The Labute approximate surface area is 169 Å². The second kappa shape index (κ2) is 8.13. The predicted molar refractivity (Wildman–Crippen MR) is 111 cm³/mol. The van der Waals surface area contributed by atoms with Crippen LogP contribution in [0.25, 0.3) is 0 Å². The van der Waals surface area contributed by atoms with Crippen LogP contribution in [0.4, 0.5) is 11.6 Å². The highest BCUT2D eigenvalue weighted by Crippen LogP contribution is 2.41. The number of aryl methyl sites for hydroxylation is 3. The Hall–Kier alpha value is -2.06. The lowest BCUT2D eigenvalue weighted by molar-refractivity contribution is -0.113. The fraction of sp³-hybridized carbons (Fsp3) is 0.550.